The van der Waals surface area contributed by atoms with Gasteiger partial charge in [-0.05, 0) is 51.5 Å². The van der Waals surface area contributed by atoms with E-state index in [0.29, 0.717) is 18.7 Å². The van der Waals surface area contributed by atoms with E-state index in [2.05, 4.69) is 19.9 Å². The summed E-state index contributed by atoms with van der Waals surface area (Å²) in [7, 11) is 0. The van der Waals surface area contributed by atoms with Crippen LogP contribution in [0, 0.1) is 0 Å². The van der Waals surface area contributed by atoms with Crippen molar-refractivity contribution in [3.05, 3.63) is 65.2 Å². The molecule has 1 amide bonds. The first kappa shape index (κ1) is 21.8. The molecule has 1 fully saturated rings. The molecule has 1 N–H and O–H groups in total. The highest BCUT2D eigenvalue weighted by atomic mass is 16.5. The monoisotopic (exact) mass is 423 g/mol. The highest BCUT2D eigenvalue weighted by Gasteiger charge is 2.44. The Balaban J connectivity index is 1.46. The molecule has 1 spiro atoms. The van der Waals surface area contributed by atoms with Crippen LogP contribution in [0.2, 0.25) is 0 Å². The van der Waals surface area contributed by atoms with Crippen molar-refractivity contribution in [3.8, 4) is 5.75 Å². The quantitative estimate of drug-likeness (QED) is 0.765. The average molecular weight is 424 g/mol. The summed E-state index contributed by atoms with van der Waals surface area (Å²) in [4.78, 5) is 14.9. The second kappa shape index (κ2) is 8.29. The third-order valence-electron chi connectivity index (χ3n) is 6.39. The summed E-state index contributed by atoms with van der Waals surface area (Å²) in [6.07, 6.45) is 2.53. The molecule has 1 atom stereocenters. The van der Waals surface area contributed by atoms with Crippen LogP contribution in [-0.2, 0) is 10.3 Å². The third-order valence-corrected chi connectivity index (χ3v) is 6.39. The Hall–Kier alpha value is -2.37. The number of carbonyl (C=O) groups excluding carboxylic acids is 1. The Kier molecular flexibility index (Phi) is 5.84. The van der Waals surface area contributed by atoms with E-state index in [-0.39, 0.29) is 23.7 Å². The molecule has 0 unspecified atom stereocenters. The van der Waals surface area contributed by atoms with Crippen molar-refractivity contribution >= 4 is 5.91 Å². The fraction of sp³-hybridized carbons (Fsp3) is 0.500. The van der Waals surface area contributed by atoms with Gasteiger partial charge in [-0.1, -0.05) is 30.3 Å². The van der Waals surface area contributed by atoms with E-state index in [9.17, 15) is 9.90 Å². The van der Waals surface area contributed by atoms with Crippen molar-refractivity contribution in [1.29, 1.82) is 0 Å². The standard InChI is InChI=1S/C26H33NO4/c1-18(2)30-23-17-26(31-22-8-6-5-7-21(22)23)13-15-27(16-14-26)24(28)19-9-11-20(12-10-19)25(3,4)29/h5-12,18,23,29H,13-17H2,1-4H3/t23-/m0/s1. The number of ether oxygens (including phenoxy) is 2. The van der Waals surface area contributed by atoms with Gasteiger partial charge >= 0.3 is 0 Å². The van der Waals surface area contributed by atoms with E-state index in [0.717, 1.165) is 36.1 Å². The number of hydrogen-bond acceptors (Lipinski definition) is 4. The number of amides is 1. The van der Waals surface area contributed by atoms with Crippen LogP contribution in [-0.4, -0.2) is 40.7 Å². The van der Waals surface area contributed by atoms with Crippen molar-refractivity contribution in [1.82, 2.24) is 4.90 Å². The zero-order valence-electron chi connectivity index (χ0n) is 18.9. The van der Waals surface area contributed by atoms with Crippen molar-refractivity contribution in [3.63, 3.8) is 0 Å². The number of benzene rings is 2. The molecule has 0 aliphatic carbocycles. The zero-order chi connectivity index (χ0) is 22.2. The number of para-hydroxylation sites is 1. The van der Waals surface area contributed by atoms with E-state index in [1.807, 2.05) is 35.2 Å². The minimum Gasteiger partial charge on any atom is -0.487 e. The number of nitrogens with zero attached hydrogens (tertiary/aromatic N) is 1. The summed E-state index contributed by atoms with van der Waals surface area (Å²) in [6, 6.07) is 15.4. The van der Waals surface area contributed by atoms with Crippen LogP contribution in [0.25, 0.3) is 0 Å². The first-order valence-electron chi connectivity index (χ1n) is 11.2. The summed E-state index contributed by atoms with van der Waals surface area (Å²) in [5.41, 5.74) is 1.36. The van der Waals surface area contributed by atoms with Crippen molar-refractivity contribution in [2.75, 3.05) is 13.1 Å². The van der Waals surface area contributed by atoms with Gasteiger partial charge in [-0.2, -0.15) is 0 Å². The zero-order valence-corrected chi connectivity index (χ0v) is 18.9. The third kappa shape index (κ3) is 4.63. The number of aliphatic hydroxyl groups is 1. The van der Waals surface area contributed by atoms with E-state index < -0.39 is 5.60 Å². The van der Waals surface area contributed by atoms with Gasteiger partial charge in [-0.15, -0.1) is 0 Å². The molecule has 4 rings (SSSR count). The van der Waals surface area contributed by atoms with E-state index in [1.54, 1.807) is 26.0 Å². The van der Waals surface area contributed by atoms with Crippen molar-refractivity contribution < 1.29 is 19.4 Å². The van der Waals surface area contributed by atoms with Gasteiger partial charge in [-0.3, -0.25) is 4.79 Å². The Morgan fingerprint density at radius 1 is 1.13 bits per heavy atom. The number of carbonyl (C=O) groups is 1. The molecule has 2 aliphatic heterocycles. The maximum atomic E-state index is 13.0. The maximum Gasteiger partial charge on any atom is 0.253 e. The first-order valence-corrected chi connectivity index (χ1v) is 11.2. The highest BCUT2D eigenvalue weighted by molar-refractivity contribution is 5.94. The first-order chi connectivity index (χ1) is 14.7. The van der Waals surface area contributed by atoms with Gasteiger partial charge in [0.25, 0.3) is 5.91 Å². The lowest BCUT2D eigenvalue weighted by Crippen LogP contribution is -2.52. The Morgan fingerprint density at radius 2 is 1.77 bits per heavy atom. The number of fused-ring (bicyclic) bond motifs is 1. The lowest BCUT2D eigenvalue weighted by molar-refractivity contribution is -0.0872. The lowest BCUT2D eigenvalue weighted by atomic mass is 9.81. The lowest BCUT2D eigenvalue weighted by Gasteiger charge is -2.47. The largest absolute Gasteiger partial charge is 0.487 e. The fourth-order valence-electron chi connectivity index (χ4n) is 4.64. The molecular formula is C26H33NO4. The summed E-state index contributed by atoms with van der Waals surface area (Å²) < 4.78 is 12.8. The Labute approximate surface area is 185 Å². The summed E-state index contributed by atoms with van der Waals surface area (Å²) >= 11 is 0. The average Bonchev–Trinajstić information content (AvgIpc) is 2.73. The minimum absolute atomic E-state index is 0.0154. The van der Waals surface area contributed by atoms with Gasteiger partial charge in [-0.25, -0.2) is 0 Å². The van der Waals surface area contributed by atoms with Crippen molar-refractivity contribution in [2.45, 2.75) is 70.4 Å². The summed E-state index contributed by atoms with van der Waals surface area (Å²) in [6.45, 7) is 8.93. The van der Waals surface area contributed by atoms with Gasteiger partial charge < -0.3 is 19.5 Å². The molecule has 1 saturated heterocycles. The van der Waals surface area contributed by atoms with E-state index in [4.69, 9.17) is 9.47 Å². The summed E-state index contributed by atoms with van der Waals surface area (Å²) in [5, 5.41) is 10.1. The normalized spacial score (nSPS) is 20.5. The molecule has 0 saturated carbocycles. The number of rotatable bonds is 4. The fourth-order valence-corrected chi connectivity index (χ4v) is 4.64. The van der Waals surface area contributed by atoms with Crippen LogP contribution in [0.15, 0.2) is 48.5 Å². The molecule has 31 heavy (non-hydrogen) atoms. The van der Waals surface area contributed by atoms with E-state index >= 15 is 0 Å². The van der Waals surface area contributed by atoms with Crippen LogP contribution >= 0.6 is 0 Å². The molecule has 2 heterocycles. The van der Waals surface area contributed by atoms with E-state index in [1.165, 1.54) is 0 Å². The minimum atomic E-state index is -0.914. The van der Waals surface area contributed by atoms with Gasteiger partial charge in [0.05, 0.1) is 17.8 Å². The Morgan fingerprint density at radius 3 is 2.39 bits per heavy atom. The number of hydrogen-bond donors (Lipinski definition) is 1. The molecule has 166 valence electrons. The maximum absolute atomic E-state index is 13.0. The Bertz CT molecular complexity index is 921. The second-order valence-corrected chi connectivity index (χ2v) is 9.63. The molecule has 5 nitrogen and oxygen atoms in total. The molecule has 0 radical (unpaired) electrons. The molecule has 2 aromatic carbocycles. The molecule has 2 aromatic rings. The van der Waals surface area contributed by atoms with Gasteiger partial charge in [0.15, 0.2) is 0 Å². The SMILES string of the molecule is CC(C)O[C@H]1CC2(CCN(C(=O)c3ccc(C(C)(C)O)cc3)CC2)Oc2ccccc21. The summed E-state index contributed by atoms with van der Waals surface area (Å²) in [5.74, 6) is 0.935. The number of likely N-dealkylation sites (tertiary alicyclic amines) is 1. The predicted octanol–water partition coefficient (Wildman–Crippen LogP) is 4.84. The van der Waals surface area contributed by atoms with Crippen molar-refractivity contribution in [2.24, 2.45) is 0 Å². The predicted molar refractivity (Wildman–Crippen MR) is 120 cm³/mol. The molecule has 0 aromatic heterocycles. The topological polar surface area (TPSA) is 59.0 Å². The molecule has 2 aliphatic rings. The van der Waals surface area contributed by atoms with Crippen LogP contribution in [0.4, 0.5) is 0 Å². The number of piperidine rings is 1. The van der Waals surface area contributed by atoms with Crippen LogP contribution < -0.4 is 4.74 Å². The van der Waals surface area contributed by atoms with Gasteiger partial charge in [0, 0.05) is 43.5 Å². The smallest absolute Gasteiger partial charge is 0.253 e. The highest BCUT2D eigenvalue weighted by Crippen LogP contribution is 2.46. The van der Waals surface area contributed by atoms with Crippen LogP contribution in [0.5, 0.6) is 5.75 Å². The van der Waals surface area contributed by atoms with Crippen LogP contribution in [0.1, 0.15) is 74.5 Å². The molecule has 0 bridgehead atoms. The second-order valence-electron chi connectivity index (χ2n) is 9.63. The molecule has 5 heteroatoms. The van der Waals surface area contributed by atoms with Gasteiger partial charge in [0.2, 0.25) is 0 Å². The van der Waals surface area contributed by atoms with Gasteiger partial charge in [0.1, 0.15) is 11.4 Å². The molecular weight excluding hydrogens is 390 g/mol. The van der Waals surface area contributed by atoms with Crippen LogP contribution in [0.3, 0.4) is 0 Å².